The number of nitrogens with one attached hydrogen (secondary N) is 1. The highest BCUT2D eigenvalue weighted by Gasteiger charge is 2.28. The molecular formula is C25H22FN5O2. The van der Waals surface area contributed by atoms with Crippen molar-refractivity contribution in [2.45, 2.75) is 19.4 Å². The maximum atomic E-state index is 14.6. The lowest BCUT2D eigenvalue weighted by Crippen LogP contribution is -2.37. The van der Waals surface area contributed by atoms with E-state index in [-0.39, 0.29) is 29.1 Å². The Morgan fingerprint density at radius 1 is 1.18 bits per heavy atom. The largest absolute Gasteiger partial charge is 0.507 e. The Morgan fingerprint density at radius 3 is 2.85 bits per heavy atom. The summed E-state index contributed by atoms with van der Waals surface area (Å²) in [5.41, 5.74) is 2.17. The molecule has 2 N–H and O–H groups in total. The van der Waals surface area contributed by atoms with Crippen LogP contribution in [0.3, 0.4) is 0 Å². The van der Waals surface area contributed by atoms with Crippen LogP contribution in [0, 0.1) is 12.7 Å². The topological polar surface area (TPSA) is 91.2 Å². The Hall–Kier alpha value is -4.07. The number of carbonyl (C=O) groups is 1. The van der Waals surface area contributed by atoms with E-state index in [1.54, 1.807) is 18.3 Å². The third-order valence-corrected chi connectivity index (χ3v) is 5.79. The first kappa shape index (κ1) is 20.8. The molecule has 5 rings (SSSR count). The number of amides is 1. The maximum Gasteiger partial charge on any atom is 0.253 e. The minimum Gasteiger partial charge on any atom is -0.507 e. The first-order chi connectivity index (χ1) is 16.0. The molecule has 8 heteroatoms. The molecule has 166 valence electrons. The fourth-order valence-electron chi connectivity index (χ4n) is 4.15. The Kier molecular flexibility index (Phi) is 5.34. The third-order valence-electron chi connectivity index (χ3n) is 5.79. The van der Waals surface area contributed by atoms with Crippen LogP contribution in [0.4, 0.5) is 10.2 Å². The number of anilines is 1. The van der Waals surface area contributed by atoms with Crippen LogP contribution >= 0.6 is 0 Å². The zero-order valence-electron chi connectivity index (χ0n) is 18.0. The van der Waals surface area contributed by atoms with Crippen LogP contribution in [0.25, 0.3) is 22.3 Å². The van der Waals surface area contributed by atoms with Gasteiger partial charge in [0.2, 0.25) is 0 Å². The molecule has 3 heterocycles. The predicted molar refractivity (Wildman–Crippen MR) is 124 cm³/mol. The number of pyridine rings is 1. The van der Waals surface area contributed by atoms with E-state index in [0.717, 1.165) is 17.4 Å². The number of carbonyl (C=O) groups excluding carboxylic acids is 1. The molecule has 1 aliphatic rings. The number of benzene rings is 2. The fraction of sp³-hybridized carbons (Fsp3) is 0.200. The molecule has 33 heavy (non-hydrogen) atoms. The monoisotopic (exact) mass is 443 g/mol. The molecule has 1 fully saturated rings. The Bertz CT molecular complexity index is 1330. The normalized spacial score (nSPS) is 15.7. The molecule has 1 saturated heterocycles. The van der Waals surface area contributed by atoms with Gasteiger partial charge in [-0.3, -0.25) is 9.78 Å². The Balaban J connectivity index is 1.49. The molecule has 0 spiro atoms. The molecule has 0 bridgehead atoms. The summed E-state index contributed by atoms with van der Waals surface area (Å²) in [6.07, 6.45) is 3.90. The van der Waals surface area contributed by atoms with Crippen LogP contribution in [0.1, 0.15) is 22.3 Å². The van der Waals surface area contributed by atoms with Crippen LogP contribution in [0.2, 0.25) is 0 Å². The second-order valence-corrected chi connectivity index (χ2v) is 8.17. The molecule has 0 radical (unpaired) electrons. The second kappa shape index (κ2) is 8.46. The van der Waals surface area contributed by atoms with Crippen molar-refractivity contribution in [1.29, 1.82) is 0 Å². The highest BCUT2D eigenvalue weighted by molar-refractivity contribution is 5.94. The number of aryl methyl sites for hydroxylation is 1. The van der Waals surface area contributed by atoms with E-state index in [1.807, 2.05) is 25.1 Å². The Morgan fingerprint density at radius 2 is 2.06 bits per heavy atom. The fourth-order valence-corrected chi connectivity index (χ4v) is 4.15. The predicted octanol–water partition coefficient (Wildman–Crippen LogP) is 3.85. The number of halogens is 1. The SMILES string of the molecule is Cc1ccc2c(N3CC[C@@H](NC(=O)c4cccnc4)C3)nc(-c3c(O)cccc3F)nc2c1. The van der Waals surface area contributed by atoms with Gasteiger partial charge in [0.15, 0.2) is 5.82 Å². The summed E-state index contributed by atoms with van der Waals surface area (Å²) in [6.45, 7) is 3.18. The van der Waals surface area contributed by atoms with Crippen LogP contribution in [0.5, 0.6) is 5.75 Å². The molecule has 4 aromatic rings. The van der Waals surface area contributed by atoms with Gasteiger partial charge in [0.25, 0.3) is 5.91 Å². The summed E-state index contributed by atoms with van der Waals surface area (Å²) in [6, 6.07) is 13.4. The molecule has 7 nitrogen and oxygen atoms in total. The zero-order valence-corrected chi connectivity index (χ0v) is 18.0. The van der Waals surface area contributed by atoms with Gasteiger partial charge in [-0.2, -0.15) is 0 Å². The highest BCUT2D eigenvalue weighted by atomic mass is 19.1. The van der Waals surface area contributed by atoms with Gasteiger partial charge < -0.3 is 15.3 Å². The quantitative estimate of drug-likeness (QED) is 0.498. The van der Waals surface area contributed by atoms with Crippen LogP contribution < -0.4 is 10.2 Å². The number of fused-ring (bicyclic) bond motifs is 1. The molecule has 0 aliphatic carbocycles. The summed E-state index contributed by atoms with van der Waals surface area (Å²) in [5.74, 6) is -0.195. The van der Waals surface area contributed by atoms with Crippen molar-refractivity contribution in [3.63, 3.8) is 0 Å². The minimum atomic E-state index is -0.587. The standard InChI is InChI=1S/C25H22FN5O2/c1-15-7-8-18-20(12-15)29-23(22-19(26)5-2-6-21(22)32)30-24(18)31-11-9-17(14-31)28-25(33)16-4-3-10-27-13-16/h2-8,10,12-13,17,32H,9,11,14H2,1H3,(H,28,33)/t17-/m1/s1. The molecule has 2 aromatic carbocycles. The van der Waals surface area contributed by atoms with Crippen molar-refractivity contribution in [2.75, 3.05) is 18.0 Å². The van der Waals surface area contributed by atoms with Gasteiger partial charge in [-0.15, -0.1) is 0 Å². The number of rotatable bonds is 4. The molecule has 0 unspecified atom stereocenters. The minimum absolute atomic E-state index is 0.0252. The van der Waals surface area contributed by atoms with Gasteiger partial charge in [-0.25, -0.2) is 14.4 Å². The second-order valence-electron chi connectivity index (χ2n) is 8.17. The van der Waals surface area contributed by atoms with E-state index >= 15 is 0 Å². The van der Waals surface area contributed by atoms with E-state index in [0.29, 0.717) is 30.0 Å². The van der Waals surface area contributed by atoms with E-state index in [9.17, 15) is 14.3 Å². The number of nitrogens with zero attached hydrogens (tertiary/aromatic N) is 4. The van der Waals surface area contributed by atoms with Gasteiger partial charge in [0.05, 0.1) is 16.6 Å². The van der Waals surface area contributed by atoms with E-state index in [4.69, 9.17) is 0 Å². The van der Waals surface area contributed by atoms with Crippen LogP contribution in [0.15, 0.2) is 60.9 Å². The van der Waals surface area contributed by atoms with Gasteiger partial charge >= 0.3 is 0 Å². The molecule has 1 amide bonds. The van der Waals surface area contributed by atoms with Gasteiger partial charge in [-0.05, 0) is 55.3 Å². The van der Waals surface area contributed by atoms with Crippen molar-refractivity contribution >= 4 is 22.6 Å². The van der Waals surface area contributed by atoms with Gasteiger partial charge in [0, 0.05) is 36.9 Å². The maximum absolute atomic E-state index is 14.6. The van der Waals surface area contributed by atoms with Crippen molar-refractivity contribution in [1.82, 2.24) is 20.3 Å². The third kappa shape index (κ3) is 4.07. The number of aromatic hydroxyl groups is 1. The summed E-state index contributed by atoms with van der Waals surface area (Å²) in [5, 5.41) is 14.2. The lowest BCUT2D eigenvalue weighted by Gasteiger charge is -2.21. The van der Waals surface area contributed by atoms with Gasteiger partial charge in [0.1, 0.15) is 17.4 Å². The van der Waals surface area contributed by atoms with E-state index in [1.165, 1.54) is 24.4 Å². The smallest absolute Gasteiger partial charge is 0.253 e. The first-order valence-corrected chi connectivity index (χ1v) is 10.7. The molecule has 1 aliphatic heterocycles. The average Bonchev–Trinajstić information content (AvgIpc) is 3.27. The number of phenols is 1. The summed E-state index contributed by atoms with van der Waals surface area (Å²) < 4.78 is 14.6. The molecule has 2 aromatic heterocycles. The lowest BCUT2D eigenvalue weighted by atomic mass is 10.1. The average molecular weight is 443 g/mol. The highest BCUT2D eigenvalue weighted by Crippen LogP contribution is 2.34. The van der Waals surface area contributed by atoms with E-state index < -0.39 is 5.82 Å². The van der Waals surface area contributed by atoms with Crippen molar-refractivity contribution in [3.05, 3.63) is 77.9 Å². The number of hydrogen-bond acceptors (Lipinski definition) is 6. The molecular weight excluding hydrogens is 421 g/mol. The number of hydrogen-bond donors (Lipinski definition) is 2. The molecule has 0 saturated carbocycles. The van der Waals surface area contributed by atoms with Crippen LogP contribution in [-0.4, -0.2) is 45.1 Å². The molecule has 1 atom stereocenters. The number of phenolic OH excluding ortho intramolecular Hbond substituents is 1. The van der Waals surface area contributed by atoms with Crippen LogP contribution in [-0.2, 0) is 0 Å². The van der Waals surface area contributed by atoms with Gasteiger partial charge in [-0.1, -0.05) is 12.1 Å². The summed E-state index contributed by atoms with van der Waals surface area (Å²) in [4.78, 5) is 27.8. The lowest BCUT2D eigenvalue weighted by molar-refractivity contribution is 0.0940. The van der Waals surface area contributed by atoms with Crippen molar-refractivity contribution < 1.29 is 14.3 Å². The summed E-state index contributed by atoms with van der Waals surface area (Å²) in [7, 11) is 0. The van der Waals surface area contributed by atoms with E-state index in [2.05, 4.69) is 25.2 Å². The van der Waals surface area contributed by atoms with Crippen molar-refractivity contribution in [2.24, 2.45) is 0 Å². The first-order valence-electron chi connectivity index (χ1n) is 10.7. The Labute approximate surface area is 190 Å². The zero-order chi connectivity index (χ0) is 22.9. The van der Waals surface area contributed by atoms with Crippen molar-refractivity contribution in [3.8, 4) is 17.1 Å². The summed E-state index contributed by atoms with van der Waals surface area (Å²) >= 11 is 0. The number of aromatic nitrogens is 3.